The van der Waals surface area contributed by atoms with E-state index >= 15 is 0 Å². The number of carbonyl (C=O) groups excluding carboxylic acids is 1. The molecule has 0 aliphatic heterocycles. The van der Waals surface area contributed by atoms with Crippen LogP contribution in [0.15, 0.2) is 24.4 Å². The van der Waals surface area contributed by atoms with Crippen LogP contribution in [0.3, 0.4) is 0 Å². The highest BCUT2D eigenvalue weighted by Crippen LogP contribution is 2.11. The van der Waals surface area contributed by atoms with E-state index in [0.717, 1.165) is 17.5 Å². The molecule has 0 unspecified atom stereocenters. The summed E-state index contributed by atoms with van der Waals surface area (Å²) in [6.07, 6.45) is 2.51. The number of H-pyrrole nitrogens is 1. The van der Waals surface area contributed by atoms with Crippen molar-refractivity contribution in [2.75, 3.05) is 20.3 Å². The van der Waals surface area contributed by atoms with E-state index in [1.54, 1.807) is 19.4 Å². The van der Waals surface area contributed by atoms with E-state index in [0.29, 0.717) is 18.8 Å². The Morgan fingerprint density at radius 2 is 2.47 bits per heavy atom. The Bertz CT molecular complexity index is 474. The minimum Gasteiger partial charge on any atom is -0.385 e. The molecule has 0 saturated heterocycles. The third kappa shape index (κ3) is 2.82. The lowest BCUT2D eigenvalue weighted by Gasteiger charge is -2.02. The molecule has 0 radical (unpaired) electrons. The van der Waals surface area contributed by atoms with Crippen LogP contribution < -0.4 is 5.32 Å². The predicted molar refractivity (Wildman–Crippen MR) is 64.9 cm³/mol. The Morgan fingerprint density at radius 1 is 1.59 bits per heavy atom. The second kappa shape index (κ2) is 5.45. The van der Waals surface area contributed by atoms with Gasteiger partial charge >= 0.3 is 0 Å². The van der Waals surface area contributed by atoms with Crippen LogP contribution in [0.1, 0.15) is 16.9 Å². The zero-order valence-electron chi connectivity index (χ0n) is 9.69. The van der Waals surface area contributed by atoms with Crippen molar-refractivity contribution in [2.45, 2.75) is 6.42 Å². The summed E-state index contributed by atoms with van der Waals surface area (Å²) < 4.78 is 4.91. The number of methoxy groups -OCH3 is 1. The molecule has 2 aromatic heterocycles. The van der Waals surface area contributed by atoms with Crippen LogP contribution in [0.25, 0.3) is 11.0 Å². The van der Waals surface area contributed by atoms with Gasteiger partial charge in [0.1, 0.15) is 5.69 Å². The number of aromatic amines is 1. The highest BCUT2D eigenvalue weighted by atomic mass is 16.5. The summed E-state index contributed by atoms with van der Waals surface area (Å²) in [7, 11) is 1.64. The number of hydrogen-bond acceptors (Lipinski definition) is 3. The van der Waals surface area contributed by atoms with Crippen molar-refractivity contribution in [1.82, 2.24) is 15.3 Å². The molecule has 2 heterocycles. The summed E-state index contributed by atoms with van der Waals surface area (Å²) >= 11 is 0. The highest BCUT2D eigenvalue weighted by Gasteiger charge is 2.08. The SMILES string of the molecule is COCCCNC(=O)c1cc2ncccc2[nH]1. The molecule has 0 bridgehead atoms. The van der Waals surface area contributed by atoms with E-state index in [1.807, 2.05) is 12.1 Å². The van der Waals surface area contributed by atoms with Crippen molar-refractivity contribution < 1.29 is 9.53 Å². The van der Waals surface area contributed by atoms with Gasteiger partial charge in [0.15, 0.2) is 0 Å². The molecule has 5 nitrogen and oxygen atoms in total. The fraction of sp³-hybridized carbons (Fsp3) is 0.333. The van der Waals surface area contributed by atoms with Gasteiger partial charge in [0.2, 0.25) is 0 Å². The number of pyridine rings is 1. The van der Waals surface area contributed by atoms with E-state index in [1.165, 1.54) is 0 Å². The molecule has 0 saturated carbocycles. The standard InChI is InChI=1S/C12H15N3O2/c1-17-7-3-6-14-12(16)11-8-10-9(15-11)4-2-5-13-10/h2,4-5,8,15H,3,6-7H2,1H3,(H,14,16). The van der Waals surface area contributed by atoms with Gasteiger partial charge in [-0.25, -0.2) is 0 Å². The van der Waals surface area contributed by atoms with Crippen LogP contribution in [0.2, 0.25) is 0 Å². The summed E-state index contributed by atoms with van der Waals surface area (Å²) in [6, 6.07) is 5.48. The first-order chi connectivity index (χ1) is 8.31. The number of aromatic nitrogens is 2. The molecule has 1 amide bonds. The second-order valence-electron chi connectivity index (χ2n) is 3.72. The van der Waals surface area contributed by atoms with Gasteiger partial charge in [-0.3, -0.25) is 9.78 Å². The van der Waals surface area contributed by atoms with Crippen LogP contribution in [0.5, 0.6) is 0 Å². The normalized spacial score (nSPS) is 10.6. The first kappa shape index (κ1) is 11.6. The van der Waals surface area contributed by atoms with Crippen LogP contribution in [-0.2, 0) is 4.74 Å². The van der Waals surface area contributed by atoms with Gasteiger partial charge in [0, 0.05) is 26.5 Å². The van der Waals surface area contributed by atoms with E-state index in [9.17, 15) is 4.79 Å². The van der Waals surface area contributed by atoms with Crippen LogP contribution >= 0.6 is 0 Å². The van der Waals surface area contributed by atoms with E-state index < -0.39 is 0 Å². The Balaban J connectivity index is 1.99. The zero-order valence-corrected chi connectivity index (χ0v) is 9.69. The molecule has 0 atom stereocenters. The maximum absolute atomic E-state index is 11.8. The first-order valence-corrected chi connectivity index (χ1v) is 5.52. The number of hydrogen-bond donors (Lipinski definition) is 2. The van der Waals surface area contributed by atoms with Gasteiger partial charge in [0.05, 0.1) is 11.0 Å². The van der Waals surface area contributed by atoms with Crippen LogP contribution in [-0.4, -0.2) is 36.1 Å². The predicted octanol–water partition coefficient (Wildman–Crippen LogP) is 1.33. The first-order valence-electron chi connectivity index (χ1n) is 5.52. The molecule has 0 aromatic carbocycles. The summed E-state index contributed by atoms with van der Waals surface area (Å²) in [6.45, 7) is 1.25. The second-order valence-corrected chi connectivity index (χ2v) is 3.72. The Morgan fingerprint density at radius 3 is 3.24 bits per heavy atom. The van der Waals surface area contributed by atoms with Gasteiger partial charge in [-0.05, 0) is 24.6 Å². The van der Waals surface area contributed by atoms with Crippen molar-refractivity contribution in [3.63, 3.8) is 0 Å². The molecular weight excluding hydrogens is 218 g/mol. The molecule has 90 valence electrons. The van der Waals surface area contributed by atoms with Crippen LogP contribution in [0, 0.1) is 0 Å². The summed E-state index contributed by atoms with van der Waals surface area (Å²) in [5.74, 6) is -0.112. The van der Waals surface area contributed by atoms with Crippen molar-refractivity contribution in [2.24, 2.45) is 0 Å². The fourth-order valence-corrected chi connectivity index (χ4v) is 1.59. The average Bonchev–Trinajstić information content (AvgIpc) is 2.78. The van der Waals surface area contributed by atoms with Gasteiger partial charge in [-0.1, -0.05) is 0 Å². The number of nitrogens with zero attached hydrogens (tertiary/aromatic N) is 1. The number of fused-ring (bicyclic) bond motifs is 1. The zero-order chi connectivity index (χ0) is 12.1. The monoisotopic (exact) mass is 233 g/mol. The van der Waals surface area contributed by atoms with E-state index in [4.69, 9.17) is 4.74 Å². The molecule has 0 aliphatic carbocycles. The van der Waals surface area contributed by atoms with Crippen molar-refractivity contribution in [1.29, 1.82) is 0 Å². The average molecular weight is 233 g/mol. The maximum atomic E-state index is 11.8. The molecule has 2 aromatic rings. The van der Waals surface area contributed by atoms with Crippen molar-refractivity contribution in [3.05, 3.63) is 30.1 Å². The largest absolute Gasteiger partial charge is 0.385 e. The van der Waals surface area contributed by atoms with E-state index in [-0.39, 0.29) is 5.91 Å². The quantitative estimate of drug-likeness (QED) is 0.765. The van der Waals surface area contributed by atoms with Gasteiger partial charge in [-0.15, -0.1) is 0 Å². The third-order valence-corrected chi connectivity index (χ3v) is 2.44. The van der Waals surface area contributed by atoms with Gasteiger partial charge < -0.3 is 15.0 Å². The van der Waals surface area contributed by atoms with Crippen molar-refractivity contribution >= 4 is 16.9 Å². The summed E-state index contributed by atoms with van der Waals surface area (Å²) in [5, 5.41) is 2.82. The summed E-state index contributed by atoms with van der Waals surface area (Å²) in [5.41, 5.74) is 2.21. The topological polar surface area (TPSA) is 67.0 Å². The minimum absolute atomic E-state index is 0.112. The number of amides is 1. The minimum atomic E-state index is -0.112. The van der Waals surface area contributed by atoms with Gasteiger partial charge in [-0.2, -0.15) is 0 Å². The van der Waals surface area contributed by atoms with Crippen molar-refractivity contribution in [3.8, 4) is 0 Å². The van der Waals surface area contributed by atoms with Gasteiger partial charge in [0.25, 0.3) is 5.91 Å². The molecule has 0 spiro atoms. The summed E-state index contributed by atoms with van der Waals surface area (Å²) in [4.78, 5) is 19.0. The molecule has 2 rings (SSSR count). The fourth-order valence-electron chi connectivity index (χ4n) is 1.59. The molecule has 0 aliphatic rings. The smallest absolute Gasteiger partial charge is 0.267 e. The molecule has 5 heteroatoms. The molecule has 2 N–H and O–H groups in total. The maximum Gasteiger partial charge on any atom is 0.267 e. The molecule has 0 fully saturated rings. The van der Waals surface area contributed by atoms with Crippen LogP contribution in [0.4, 0.5) is 0 Å². The number of rotatable bonds is 5. The molecule has 17 heavy (non-hydrogen) atoms. The third-order valence-electron chi connectivity index (χ3n) is 2.44. The lowest BCUT2D eigenvalue weighted by Crippen LogP contribution is -2.25. The highest BCUT2D eigenvalue weighted by molar-refractivity contribution is 5.96. The number of nitrogens with one attached hydrogen (secondary N) is 2. The Hall–Kier alpha value is -1.88. The Kier molecular flexibility index (Phi) is 3.72. The lowest BCUT2D eigenvalue weighted by molar-refractivity contribution is 0.0944. The molecular formula is C12H15N3O2. The number of carbonyl (C=O) groups is 1. The van der Waals surface area contributed by atoms with E-state index in [2.05, 4.69) is 15.3 Å². The lowest BCUT2D eigenvalue weighted by atomic mass is 10.3. The number of ether oxygens (including phenoxy) is 1. The Labute approximate surface area is 99.2 Å².